The first-order valence-corrected chi connectivity index (χ1v) is 15.9. The van der Waals surface area contributed by atoms with Gasteiger partial charge in [-0.05, 0) is 48.0 Å². The molecular weight excluding hydrogens is 661 g/mol. The summed E-state index contributed by atoms with van der Waals surface area (Å²) in [5.41, 5.74) is 1.58. The molecule has 6 rings (SSSR count). The largest absolute Gasteiger partial charge is 0.744 e. The Morgan fingerprint density at radius 2 is 1.75 bits per heavy atom. The summed E-state index contributed by atoms with van der Waals surface area (Å²) in [6, 6.07) is 26.3. The topological polar surface area (TPSA) is 203 Å². The number of nitrogens with zero attached hydrogens (tertiary/aromatic N) is 5. The van der Waals surface area contributed by atoms with Crippen molar-refractivity contribution in [3.05, 3.63) is 112 Å². The predicted octanol–water partition coefficient (Wildman–Crippen LogP) is 4.51. The minimum absolute atomic E-state index is 0.0132. The molecule has 0 unspecified atom stereocenters. The summed E-state index contributed by atoms with van der Waals surface area (Å²) >= 11 is 0.684. The lowest BCUT2D eigenvalue weighted by Gasteiger charge is -2.16. The molecule has 14 nitrogen and oxygen atoms in total. The highest BCUT2D eigenvalue weighted by Crippen LogP contribution is 2.37. The standard InChI is InChI=1S/C32H22N6O8S2/c1-44-28-15-26(29(48(41,42)43)16-25(28)37-36-20-11-13-21(14-12-20)47-46-45-40)34-18-23-30(19-7-3-2-4-8-19)22(17-33)31-35-24-9-5-6-10-27(24)38(31)32(23)39/h2-16,18,34,40H,1H3,(H,41,42,43)/p-2/b23-18+,37-36?. The first-order chi connectivity index (χ1) is 23.2. The average molecular weight is 681 g/mol. The van der Waals surface area contributed by atoms with Gasteiger partial charge in [0.25, 0.3) is 5.56 Å². The molecule has 0 spiro atoms. The molecular formula is C32H20N6O8S2-2. The Bertz CT molecular complexity index is 2470. The van der Waals surface area contributed by atoms with Crippen molar-refractivity contribution in [3.8, 4) is 22.9 Å². The maximum absolute atomic E-state index is 14.1. The summed E-state index contributed by atoms with van der Waals surface area (Å²) in [7, 11) is -3.79. The summed E-state index contributed by atoms with van der Waals surface area (Å²) in [5.74, 6) is 0.0506. The summed E-state index contributed by atoms with van der Waals surface area (Å²) < 4.78 is 48.4. The van der Waals surface area contributed by atoms with Crippen LogP contribution < -0.4 is 26.1 Å². The number of ether oxygens (including phenoxy) is 1. The van der Waals surface area contributed by atoms with E-state index in [1.54, 1.807) is 78.9 Å². The fraction of sp³-hybridized carbons (Fsp3) is 0.0312. The van der Waals surface area contributed by atoms with E-state index in [2.05, 4.69) is 36.0 Å². The Morgan fingerprint density at radius 3 is 2.44 bits per heavy atom. The van der Waals surface area contributed by atoms with Gasteiger partial charge in [-0.1, -0.05) is 42.5 Å². The number of pyridine rings is 1. The van der Waals surface area contributed by atoms with Crippen molar-refractivity contribution in [2.75, 3.05) is 12.4 Å². The number of nitriles is 1. The van der Waals surface area contributed by atoms with Crippen LogP contribution in [-0.2, 0) is 19.5 Å². The number of rotatable bonds is 10. The average Bonchev–Trinajstić information content (AvgIpc) is 3.49. The molecule has 0 radical (unpaired) electrons. The number of anilines is 1. The van der Waals surface area contributed by atoms with Gasteiger partial charge >= 0.3 is 0 Å². The van der Waals surface area contributed by atoms with Gasteiger partial charge in [-0.2, -0.15) is 14.7 Å². The van der Waals surface area contributed by atoms with Crippen molar-refractivity contribution in [1.29, 1.82) is 5.26 Å². The molecule has 0 aliphatic heterocycles. The van der Waals surface area contributed by atoms with E-state index in [9.17, 15) is 28.3 Å². The zero-order valence-corrected chi connectivity index (χ0v) is 26.2. The third-order valence-electron chi connectivity index (χ3n) is 7.10. The van der Waals surface area contributed by atoms with Crippen LogP contribution in [0.5, 0.6) is 5.75 Å². The predicted molar refractivity (Wildman–Crippen MR) is 172 cm³/mol. The first kappa shape index (κ1) is 32.3. The number of para-hydroxylation sites is 2. The van der Waals surface area contributed by atoms with Gasteiger partial charge in [0, 0.05) is 22.7 Å². The number of fused-ring (bicyclic) bond motifs is 3. The molecule has 0 aliphatic carbocycles. The molecule has 0 amide bonds. The summed E-state index contributed by atoms with van der Waals surface area (Å²) in [5, 5.41) is 34.6. The highest BCUT2D eigenvalue weighted by Gasteiger charge is 2.20. The third-order valence-corrected chi connectivity index (χ3v) is 8.57. The van der Waals surface area contributed by atoms with Crippen molar-refractivity contribution in [1.82, 2.24) is 9.38 Å². The number of hydrogen-bond acceptors (Lipinski definition) is 14. The van der Waals surface area contributed by atoms with E-state index in [4.69, 9.17) is 4.74 Å². The minimum Gasteiger partial charge on any atom is -0.744 e. The summed E-state index contributed by atoms with van der Waals surface area (Å²) in [6.45, 7) is 0. The van der Waals surface area contributed by atoms with Crippen LogP contribution in [0.25, 0.3) is 34.0 Å². The lowest BCUT2D eigenvalue weighted by atomic mass is 9.99. The zero-order chi connectivity index (χ0) is 33.8. The Labute approximate surface area is 276 Å². The second kappa shape index (κ2) is 13.6. The molecule has 240 valence electrons. The van der Waals surface area contributed by atoms with Crippen LogP contribution in [0.15, 0.2) is 116 Å². The maximum Gasteiger partial charge on any atom is 0.266 e. The van der Waals surface area contributed by atoms with E-state index in [1.807, 2.05) is 0 Å². The van der Waals surface area contributed by atoms with Crippen molar-refractivity contribution >= 4 is 62.1 Å². The molecule has 0 atom stereocenters. The Hall–Kier alpha value is -5.67. The number of hydrogen-bond donors (Lipinski definition) is 1. The fourth-order valence-corrected chi connectivity index (χ4v) is 6.01. The molecule has 0 bridgehead atoms. The number of azo groups is 1. The van der Waals surface area contributed by atoms with Crippen LogP contribution in [-0.4, -0.2) is 29.5 Å². The van der Waals surface area contributed by atoms with Crippen molar-refractivity contribution in [2.24, 2.45) is 10.2 Å². The Balaban J connectivity index is 1.50. The molecule has 6 aromatic rings. The molecule has 16 heteroatoms. The van der Waals surface area contributed by atoms with Crippen molar-refractivity contribution in [3.63, 3.8) is 0 Å². The molecule has 0 saturated heterocycles. The van der Waals surface area contributed by atoms with E-state index in [0.29, 0.717) is 39.2 Å². The van der Waals surface area contributed by atoms with Crippen molar-refractivity contribution < 1.29 is 32.3 Å². The zero-order valence-electron chi connectivity index (χ0n) is 24.6. The van der Waals surface area contributed by atoms with Gasteiger partial charge in [-0.3, -0.25) is 14.2 Å². The van der Waals surface area contributed by atoms with Crippen LogP contribution in [0.4, 0.5) is 17.1 Å². The summed E-state index contributed by atoms with van der Waals surface area (Å²) in [4.78, 5) is 18.5. The number of methoxy groups -OCH3 is 1. The van der Waals surface area contributed by atoms with Gasteiger partial charge in [0.2, 0.25) is 0 Å². The molecule has 48 heavy (non-hydrogen) atoms. The van der Waals surface area contributed by atoms with Crippen molar-refractivity contribution in [2.45, 2.75) is 9.79 Å². The normalized spacial score (nSPS) is 12.2. The van der Waals surface area contributed by atoms with E-state index in [1.165, 1.54) is 23.8 Å². The number of nitrogens with one attached hydrogen (secondary N) is 1. The van der Waals surface area contributed by atoms with Gasteiger partial charge in [0.05, 0.1) is 51.7 Å². The van der Waals surface area contributed by atoms with Gasteiger partial charge in [-0.15, -0.1) is 5.11 Å². The van der Waals surface area contributed by atoms with E-state index < -0.39 is 20.6 Å². The van der Waals surface area contributed by atoms with Gasteiger partial charge in [0.15, 0.2) is 5.65 Å². The quantitative estimate of drug-likeness (QED) is 0.0698. The SMILES string of the molecule is COc1cc(N/C=c2\c(-c3ccccc3)c(C#N)c3nc4ccccc4n3c2=O)c(S(=O)(=O)[O-])cc1N=Nc1ccc(SOO[O-])cc1. The number of imidazole rings is 1. The van der Waals surface area contributed by atoms with Crippen LogP contribution in [0.1, 0.15) is 5.56 Å². The van der Waals surface area contributed by atoms with E-state index in [0.717, 1.165) is 6.07 Å². The molecule has 2 aromatic heterocycles. The van der Waals surface area contributed by atoms with Crippen LogP contribution in [0.3, 0.4) is 0 Å². The summed E-state index contributed by atoms with van der Waals surface area (Å²) in [6.07, 6.45) is 1.24. The Morgan fingerprint density at radius 1 is 1.02 bits per heavy atom. The molecule has 0 fully saturated rings. The van der Waals surface area contributed by atoms with Gasteiger partial charge in [0.1, 0.15) is 33.2 Å². The first-order valence-electron chi connectivity index (χ1n) is 13.8. The third kappa shape index (κ3) is 6.32. The van der Waals surface area contributed by atoms with E-state index >= 15 is 0 Å². The number of benzene rings is 4. The maximum atomic E-state index is 14.1. The van der Waals surface area contributed by atoms with Crippen LogP contribution >= 0.6 is 12.0 Å². The van der Waals surface area contributed by atoms with Gasteiger partial charge < -0.3 is 19.9 Å². The monoisotopic (exact) mass is 680 g/mol. The minimum atomic E-state index is -5.11. The molecule has 1 N–H and O–H groups in total. The van der Waals surface area contributed by atoms with Crippen LogP contribution in [0, 0.1) is 11.3 Å². The fourth-order valence-electron chi connectivity index (χ4n) is 5.01. The highest BCUT2D eigenvalue weighted by atomic mass is 32.2. The second-order valence-electron chi connectivity index (χ2n) is 9.88. The van der Waals surface area contributed by atoms with E-state index in [-0.39, 0.29) is 39.1 Å². The highest BCUT2D eigenvalue weighted by molar-refractivity contribution is 7.94. The molecule has 0 saturated carbocycles. The molecule has 2 heterocycles. The molecule has 0 aliphatic rings. The van der Waals surface area contributed by atoms with Gasteiger partial charge in [-0.25, -0.2) is 13.4 Å². The van der Waals surface area contributed by atoms with Crippen LogP contribution in [0.2, 0.25) is 0 Å². The Kier molecular flexibility index (Phi) is 9.14. The number of aromatic nitrogens is 2. The molecule has 4 aromatic carbocycles. The smallest absolute Gasteiger partial charge is 0.266 e. The lowest BCUT2D eigenvalue weighted by Crippen LogP contribution is -2.34. The lowest BCUT2D eigenvalue weighted by molar-refractivity contribution is -0.777. The second-order valence-corrected chi connectivity index (χ2v) is 12.0.